The lowest BCUT2D eigenvalue weighted by molar-refractivity contribution is 0.0981. The first-order chi connectivity index (χ1) is 8.20. The molecule has 0 spiro atoms. The Bertz CT molecular complexity index is 411. The second-order valence-corrected chi connectivity index (χ2v) is 4.72. The minimum Gasteiger partial charge on any atom is -0.493 e. The van der Waals surface area contributed by atoms with Gasteiger partial charge in [-0.3, -0.25) is 4.79 Å². The number of nitrogens with two attached hydrogens (primary N) is 1. The quantitative estimate of drug-likeness (QED) is 0.767. The first-order valence-corrected chi connectivity index (χ1v) is 6.17. The van der Waals surface area contributed by atoms with E-state index >= 15 is 0 Å². The van der Waals surface area contributed by atoms with Crippen LogP contribution in [0.3, 0.4) is 0 Å². The van der Waals surface area contributed by atoms with E-state index in [0.29, 0.717) is 30.2 Å². The van der Waals surface area contributed by atoms with Crippen LogP contribution >= 0.6 is 0 Å². The summed E-state index contributed by atoms with van der Waals surface area (Å²) < 4.78 is 5.72. The second kappa shape index (κ2) is 5.32. The highest BCUT2D eigenvalue weighted by Crippen LogP contribution is 2.30. The van der Waals surface area contributed by atoms with Gasteiger partial charge in [-0.1, -0.05) is 11.6 Å². The largest absolute Gasteiger partial charge is 0.493 e. The van der Waals surface area contributed by atoms with Crippen LogP contribution in [-0.2, 0) is 0 Å². The van der Waals surface area contributed by atoms with Crippen molar-refractivity contribution in [2.45, 2.75) is 26.2 Å². The van der Waals surface area contributed by atoms with Crippen molar-refractivity contribution in [3.05, 3.63) is 29.3 Å². The summed E-state index contributed by atoms with van der Waals surface area (Å²) in [6.07, 6.45) is 2.87. The Morgan fingerprint density at radius 3 is 2.88 bits per heavy atom. The van der Waals surface area contributed by atoms with E-state index in [1.807, 2.05) is 25.1 Å². The average molecular weight is 233 g/mol. The zero-order chi connectivity index (χ0) is 12.3. The van der Waals surface area contributed by atoms with E-state index in [1.165, 1.54) is 12.8 Å². The van der Waals surface area contributed by atoms with Crippen molar-refractivity contribution < 1.29 is 9.53 Å². The van der Waals surface area contributed by atoms with Crippen LogP contribution in [0.4, 0.5) is 0 Å². The average Bonchev–Trinajstić information content (AvgIpc) is 3.11. The van der Waals surface area contributed by atoms with E-state index in [-0.39, 0.29) is 5.78 Å². The molecule has 1 aliphatic rings. The van der Waals surface area contributed by atoms with Gasteiger partial charge in [0.1, 0.15) is 5.75 Å². The van der Waals surface area contributed by atoms with E-state index in [2.05, 4.69) is 0 Å². The van der Waals surface area contributed by atoms with Crippen LogP contribution in [0.5, 0.6) is 5.75 Å². The molecule has 0 bridgehead atoms. The summed E-state index contributed by atoms with van der Waals surface area (Å²) in [5.41, 5.74) is 7.18. The number of aryl methyl sites for hydroxylation is 1. The number of carbonyl (C=O) groups is 1. The Morgan fingerprint density at radius 2 is 2.24 bits per heavy atom. The van der Waals surface area contributed by atoms with Crippen molar-refractivity contribution in [3.8, 4) is 5.75 Å². The molecule has 0 radical (unpaired) electrons. The van der Waals surface area contributed by atoms with Crippen LogP contribution < -0.4 is 10.5 Å². The number of Topliss-reactive ketones (excluding diaryl/α,β-unsaturated/α-hetero) is 1. The third-order valence-corrected chi connectivity index (χ3v) is 2.98. The van der Waals surface area contributed by atoms with E-state index in [1.54, 1.807) is 0 Å². The van der Waals surface area contributed by atoms with Crippen LogP contribution in [0.25, 0.3) is 0 Å². The highest BCUT2D eigenvalue weighted by atomic mass is 16.5. The van der Waals surface area contributed by atoms with Gasteiger partial charge < -0.3 is 10.5 Å². The lowest BCUT2D eigenvalue weighted by atomic mass is 10.0. The Hall–Kier alpha value is -1.35. The van der Waals surface area contributed by atoms with Gasteiger partial charge in [0.15, 0.2) is 5.78 Å². The molecule has 17 heavy (non-hydrogen) atoms. The summed E-state index contributed by atoms with van der Waals surface area (Å²) in [5, 5.41) is 0. The van der Waals surface area contributed by atoms with E-state index < -0.39 is 0 Å². The normalized spacial score (nSPS) is 14.7. The summed E-state index contributed by atoms with van der Waals surface area (Å²) in [7, 11) is 0. The van der Waals surface area contributed by atoms with E-state index in [9.17, 15) is 4.79 Å². The van der Waals surface area contributed by atoms with Crippen molar-refractivity contribution in [1.29, 1.82) is 0 Å². The van der Waals surface area contributed by atoms with Crippen LogP contribution in [0.15, 0.2) is 18.2 Å². The topological polar surface area (TPSA) is 52.3 Å². The van der Waals surface area contributed by atoms with Crippen molar-refractivity contribution in [2.24, 2.45) is 11.7 Å². The molecule has 2 rings (SSSR count). The Labute approximate surface area is 102 Å². The number of carbonyl (C=O) groups excluding carboxylic acids is 1. The number of benzene rings is 1. The van der Waals surface area contributed by atoms with Gasteiger partial charge in [0, 0.05) is 6.42 Å². The molecular weight excluding hydrogens is 214 g/mol. The number of hydrogen-bond donors (Lipinski definition) is 1. The van der Waals surface area contributed by atoms with Gasteiger partial charge in [-0.25, -0.2) is 0 Å². The highest BCUT2D eigenvalue weighted by molar-refractivity contribution is 5.98. The first-order valence-electron chi connectivity index (χ1n) is 6.17. The van der Waals surface area contributed by atoms with Crippen molar-refractivity contribution >= 4 is 5.78 Å². The summed E-state index contributed by atoms with van der Waals surface area (Å²) in [6.45, 7) is 3.09. The van der Waals surface area contributed by atoms with Gasteiger partial charge in [-0.2, -0.15) is 0 Å². The van der Waals surface area contributed by atoms with Crippen LogP contribution in [0.2, 0.25) is 0 Å². The molecular formula is C14H19NO2. The van der Waals surface area contributed by atoms with Crippen molar-refractivity contribution in [2.75, 3.05) is 13.2 Å². The van der Waals surface area contributed by atoms with Gasteiger partial charge in [0.25, 0.3) is 0 Å². The molecule has 1 saturated carbocycles. The lowest BCUT2D eigenvalue weighted by Crippen LogP contribution is -2.11. The molecule has 1 fully saturated rings. The molecule has 0 aliphatic heterocycles. The lowest BCUT2D eigenvalue weighted by Gasteiger charge is -2.11. The predicted molar refractivity (Wildman–Crippen MR) is 67.4 cm³/mol. The molecule has 1 aliphatic carbocycles. The minimum atomic E-state index is 0.0713. The van der Waals surface area contributed by atoms with Gasteiger partial charge in [-0.05, 0) is 44.4 Å². The van der Waals surface area contributed by atoms with Gasteiger partial charge in [0.05, 0.1) is 12.2 Å². The summed E-state index contributed by atoms with van der Waals surface area (Å²) in [4.78, 5) is 11.9. The fraction of sp³-hybridized carbons (Fsp3) is 0.500. The molecule has 0 unspecified atom stereocenters. The maximum Gasteiger partial charge on any atom is 0.167 e. The standard InChI is InChI=1S/C14H19NO2/c1-10-2-5-14(17-9-11-3-4-11)12(8-10)13(16)6-7-15/h2,5,8,11H,3-4,6-7,9,15H2,1H3. The van der Waals surface area contributed by atoms with Crippen molar-refractivity contribution in [3.63, 3.8) is 0 Å². The Kier molecular flexibility index (Phi) is 3.79. The fourth-order valence-corrected chi connectivity index (χ4v) is 1.75. The summed E-state index contributed by atoms with van der Waals surface area (Å²) in [6, 6.07) is 5.75. The third kappa shape index (κ3) is 3.30. The number of ether oxygens (including phenoxy) is 1. The smallest absolute Gasteiger partial charge is 0.167 e. The molecule has 92 valence electrons. The Morgan fingerprint density at radius 1 is 1.47 bits per heavy atom. The monoisotopic (exact) mass is 233 g/mol. The molecule has 0 atom stereocenters. The molecule has 0 saturated heterocycles. The molecule has 3 heteroatoms. The van der Waals surface area contributed by atoms with E-state index in [0.717, 1.165) is 12.2 Å². The van der Waals surface area contributed by atoms with Gasteiger partial charge in [-0.15, -0.1) is 0 Å². The summed E-state index contributed by atoms with van der Waals surface area (Å²) >= 11 is 0. The molecule has 0 heterocycles. The Balaban J connectivity index is 2.13. The predicted octanol–water partition coefficient (Wildman–Crippen LogP) is 2.32. The zero-order valence-electron chi connectivity index (χ0n) is 10.2. The second-order valence-electron chi connectivity index (χ2n) is 4.72. The maximum absolute atomic E-state index is 11.9. The van der Waals surface area contributed by atoms with Crippen LogP contribution in [0, 0.1) is 12.8 Å². The van der Waals surface area contributed by atoms with Gasteiger partial charge in [0.2, 0.25) is 0 Å². The van der Waals surface area contributed by atoms with Crippen molar-refractivity contribution in [1.82, 2.24) is 0 Å². The third-order valence-electron chi connectivity index (χ3n) is 2.98. The number of hydrogen-bond acceptors (Lipinski definition) is 3. The van der Waals surface area contributed by atoms with Crippen LogP contribution in [0.1, 0.15) is 35.2 Å². The highest BCUT2D eigenvalue weighted by Gasteiger charge is 2.23. The minimum absolute atomic E-state index is 0.0713. The fourth-order valence-electron chi connectivity index (χ4n) is 1.75. The zero-order valence-corrected chi connectivity index (χ0v) is 10.2. The first kappa shape index (κ1) is 12.1. The molecule has 1 aromatic rings. The molecule has 1 aromatic carbocycles. The molecule has 0 amide bonds. The summed E-state index contributed by atoms with van der Waals surface area (Å²) in [5.74, 6) is 1.47. The van der Waals surface area contributed by atoms with Crippen LogP contribution in [-0.4, -0.2) is 18.9 Å². The number of ketones is 1. The maximum atomic E-state index is 11.9. The molecule has 0 aromatic heterocycles. The SMILES string of the molecule is Cc1ccc(OCC2CC2)c(C(=O)CCN)c1. The van der Waals surface area contributed by atoms with E-state index in [4.69, 9.17) is 10.5 Å². The number of rotatable bonds is 6. The molecule has 3 nitrogen and oxygen atoms in total. The van der Waals surface area contributed by atoms with Gasteiger partial charge >= 0.3 is 0 Å². The molecule has 2 N–H and O–H groups in total.